The number of benzene rings is 2. The van der Waals surface area contributed by atoms with E-state index < -0.39 is 5.97 Å². The number of allylic oxidation sites excluding steroid dienone is 2. The number of nitrogens with zero attached hydrogens (tertiary/aromatic N) is 1. The van der Waals surface area contributed by atoms with Gasteiger partial charge in [-0.05, 0) is 42.9 Å². The van der Waals surface area contributed by atoms with Crippen molar-refractivity contribution in [3.63, 3.8) is 0 Å². The minimum Gasteiger partial charge on any atom is -0.483 e. The van der Waals surface area contributed by atoms with Gasteiger partial charge in [0, 0.05) is 31.2 Å². The highest BCUT2D eigenvalue weighted by molar-refractivity contribution is 5.78. The number of carboxylic acid groups (broad SMARTS) is 1. The Kier molecular flexibility index (Phi) is 7.62. The number of para-hydroxylation sites is 2. The topological polar surface area (TPSA) is 88.1 Å². The van der Waals surface area contributed by atoms with Crippen molar-refractivity contribution in [2.24, 2.45) is 5.92 Å². The molecule has 0 saturated carbocycles. The van der Waals surface area contributed by atoms with E-state index in [2.05, 4.69) is 22.4 Å². The maximum atomic E-state index is 12.6. The van der Waals surface area contributed by atoms with Gasteiger partial charge in [-0.3, -0.25) is 9.69 Å². The molecule has 2 aliphatic rings. The first-order valence-corrected chi connectivity index (χ1v) is 11.4. The molecule has 2 heterocycles. The van der Waals surface area contributed by atoms with E-state index >= 15 is 0 Å². The van der Waals surface area contributed by atoms with E-state index in [-0.39, 0.29) is 31.1 Å². The van der Waals surface area contributed by atoms with E-state index in [0.717, 1.165) is 49.2 Å². The zero-order chi connectivity index (χ0) is 23.0. The van der Waals surface area contributed by atoms with Gasteiger partial charge >= 0.3 is 5.97 Å². The zero-order valence-corrected chi connectivity index (χ0v) is 18.6. The number of ether oxygens (including phenoxy) is 2. The highest BCUT2D eigenvalue weighted by atomic mass is 16.5. The van der Waals surface area contributed by atoms with Gasteiger partial charge in [0.1, 0.15) is 11.5 Å². The molecule has 4 rings (SSSR count). The molecule has 2 aliphatic heterocycles. The van der Waals surface area contributed by atoms with Crippen molar-refractivity contribution in [3.8, 4) is 11.5 Å². The summed E-state index contributed by atoms with van der Waals surface area (Å²) in [7, 11) is 0. The minimum absolute atomic E-state index is 0.0158. The predicted octanol–water partition coefficient (Wildman–Crippen LogP) is 3.04. The molecule has 2 aromatic carbocycles. The Labute approximate surface area is 194 Å². The molecule has 33 heavy (non-hydrogen) atoms. The van der Waals surface area contributed by atoms with Crippen LogP contribution in [0.3, 0.4) is 0 Å². The van der Waals surface area contributed by atoms with Gasteiger partial charge in [0.25, 0.3) is 5.91 Å². The molecule has 2 N–H and O–H groups in total. The molecule has 0 aliphatic carbocycles. The van der Waals surface area contributed by atoms with Crippen LogP contribution in [0.2, 0.25) is 0 Å². The van der Waals surface area contributed by atoms with E-state index in [1.807, 2.05) is 48.5 Å². The molecule has 0 bridgehead atoms. The second-order valence-electron chi connectivity index (χ2n) is 8.56. The van der Waals surface area contributed by atoms with Gasteiger partial charge in [-0.2, -0.15) is 0 Å². The summed E-state index contributed by atoms with van der Waals surface area (Å²) in [5.74, 6) is 0.552. The lowest BCUT2D eigenvalue weighted by Crippen LogP contribution is -2.51. The lowest BCUT2D eigenvalue weighted by atomic mass is 9.88. The summed E-state index contributed by atoms with van der Waals surface area (Å²) in [6.07, 6.45) is 6.88. The summed E-state index contributed by atoms with van der Waals surface area (Å²) < 4.78 is 11.3. The first kappa shape index (κ1) is 22.9. The second kappa shape index (κ2) is 11.0. The maximum absolute atomic E-state index is 12.6. The molecule has 7 heteroatoms. The van der Waals surface area contributed by atoms with Crippen molar-refractivity contribution in [2.75, 3.05) is 26.3 Å². The lowest BCUT2D eigenvalue weighted by molar-refractivity contribution is -0.139. The quantitative estimate of drug-likeness (QED) is 0.681. The molecule has 174 valence electrons. The van der Waals surface area contributed by atoms with E-state index in [1.54, 1.807) is 0 Å². The molecular weight excluding hydrogens is 420 g/mol. The van der Waals surface area contributed by atoms with Crippen LogP contribution >= 0.6 is 0 Å². The van der Waals surface area contributed by atoms with Crippen LogP contribution < -0.4 is 14.8 Å². The summed E-state index contributed by atoms with van der Waals surface area (Å²) in [6.45, 7) is 2.00. The Balaban J connectivity index is 1.44. The Hall–Kier alpha value is -3.32. The first-order valence-electron chi connectivity index (χ1n) is 11.4. The number of nitrogens with one attached hydrogen (secondary N) is 1. The Morgan fingerprint density at radius 3 is 2.85 bits per heavy atom. The van der Waals surface area contributed by atoms with Crippen molar-refractivity contribution in [3.05, 3.63) is 71.8 Å². The summed E-state index contributed by atoms with van der Waals surface area (Å²) in [5, 5.41) is 12.1. The smallest absolute Gasteiger partial charge is 0.341 e. The van der Waals surface area contributed by atoms with Crippen LogP contribution in [-0.2, 0) is 22.6 Å². The van der Waals surface area contributed by atoms with Crippen molar-refractivity contribution < 1.29 is 24.2 Å². The van der Waals surface area contributed by atoms with E-state index in [0.29, 0.717) is 12.3 Å². The van der Waals surface area contributed by atoms with E-state index in [4.69, 9.17) is 14.6 Å². The standard InChI is InChI=1S/C26H30N2O5/c29-25-17-32-23-11-5-3-8-19(23)7-1-2-9-20-15-28(14-13-22(20)27-25)16-21-10-4-6-12-24(21)33-18-26(30)31/h1-6,8,10-12,20,22H,7,9,13-18H2,(H,27,29)(H,30,31)/t20-,22+/m0/s1. The van der Waals surface area contributed by atoms with Crippen LogP contribution in [0.25, 0.3) is 0 Å². The summed E-state index contributed by atoms with van der Waals surface area (Å²) >= 11 is 0. The fraction of sp³-hybridized carbons (Fsp3) is 0.385. The Bertz CT molecular complexity index is 1010. The van der Waals surface area contributed by atoms with Gasteiger partial charge in [-0.25, -0.2) is 4.79 Å². The molecule has 7 nitrogen and oxygen atoms in total. The van der Waals surface area contributed by atoms with Crippen molar-refractivity contribution >= 4 is 11.9 Å². The maximum Gasteiger partial charge on any atom is 0.341 e. The third-order valence-electron chi connectivity index (χ3n) is 6.16. The van der Waals surface area contributed by atoms with Gasteiger partial charge < -0.3 is 19.9 Å². The van der Waals surface area contributed by atoms with Crippen LogP contribution in [0.4, 0.5) is 0 Å². The summed E-state index contributed by atoms with van der Waals surface area (Å²) in [5.41, 5.74) is 2.04. The molecule has 2 aromatic rings. The zero-order valence-electron chi connectivity index (χ0n) is 18.6. The number of piperidine rings is 1. The van der Waals surface area contributed by atoms with Crippen LogP contribution in [0.5, 0.6) is 11.5 Å². The molecule has 1 fully saturated rings. The van der Waals surface area contributed by atoms with Crippen LogP contribution in [-0.4, -0.2) is 54.2 Å². The van der Waals surface area contributed by atoms with Crippen molar-refractivity contribution in [2.45, 2.75) is 31.8 Å². The number of carbonyl (C=O) groups excluding carboxylic acids is 1. The number of likely N-dealkylation sites (tertiary alicyclic amines) is 1. The largest absolute Gasteiger partial charge is 0.483 e. The Morgan fingerprint density at radius 1 is 1.15 bits per heavy atom. The van der Waals surface area contributed by atoms with Crippen molar-refractivity contribution in [1.29, 1.82) is 0 Å². The van der Waals surface area contributed by atoms with Crippen molar-refractivity contribution in [1.82, 2.24) is 10.2 Å². The molecule has 2 atom stereocenters. The third kappa shape index (κ3) is 6.35. The van der Waals surface area contributed by atoms with Crippen LogP contribution in [0, 0.1) is 5.92 Å². The number of rotatable bonds is 5. The van der Waals surface area contributed by atoms with Gasteiger partial charge in [0.15, 0.2) is 13.2 Å². The first-order chi connectivity index (χ1) is 16.1. The van der Waals surface area contributed by atoms with E-state index in [9.17, 15) is 9.59 Å². The number of carbonyl (C=O) groups is 2. The molecule has 1 saturated heterocycles. The summed E-state index contributed by atoms with van der Waals surface area (Å²) in [6, 6.07) is 15.5. The monoisotopic (exact) mass is 450 g/mol. The average Bonchev–Trinajstić information content (AvgIpc) is 2.81. The van der Waals surface area contributed by atoms with Crippen LogP contribution in [0.1, 0.15) is 24.0 Å². The number of carboxylic acids is 1. The number of aliphatic carboxylic acids is 1. The number of hydrogen-bond donors (Lipinski definition) is 2. The SMILES string of the molecule is O=C(O)COc1ccccc1CN1CC[C@H]2NC(=O)COc3ccccc3CC=CC[C@H]2C1. The van der Waals surface area contributed by atoms with Gasteiger partial charge in [-0.15, -0.1) is 0 Å². The molecule has 0 radical (unpaired) electrons. The lowest BCUT2D eigenvalue weighted by Gasteiger charge is -2.39. The molecule has 0 aromatic heterocycles. The third-order valence-corrected chi connectivity index (χ3v) is 6.16. The molecule has 1 amide bonds. The molecule has 0 unspecified atom stereocenters. The predicted molar refractivity (Wildman–Crippen MR) is 124 cm³/mol. The summed E-state index contributed by atoms with van der Waals surface area (Å²) in [4.78, 5) is 25.8. The average molecular weight is 451 g/mol. The molecule has 0 spiro atoms. The van der Waals surface area contributed by atoms with Crippen LogP contribution in [0.15, 0.2) is 60.7 Å². The molecular formula is C26H30N2O5. The number of fused-ring (bicyclic) bond motifs is 2. The number of amides is 1. The van der Waals surface area contributed by atoms with Gasteiger partial charge in [0.05, 0.1) is 0 Å². The second-order valence-corrected chi connectivity index (χ2v) is 8.56. The van der Waals surface area contributed by atoms with Gasteiger partial charge in [0.2, 0.25) is 0 Å². The highest BCUT2D eigenvalue weighted by Crippen LogP contribution is 2.27. The number of hydrogen-bond acceptors (Lipinski definition) is 5. The fourth-order valence-corrected chi connectivity index (χ4v) is 4.52. The highest BCUT2D eigenvalue weighted by Gasteiger charge is 2.30. The van der Waals surface area contributed by atoms with Gasteiger partial charge in [-0.1, -0.05) is 48.6 Å². The Morgan fingerprint density at radius 2 is 1.97 bits per heavy atom. The van der Waals surface area contributed by atoms with E-state index in [1.165, 1.54) is 0 Å². The minimum atomic E-state index is -0.993. The fourth-order valence-electron chi connectivity index (χ4n) is 4.52. The normalized spacial score (nSPS) is 21.4.